The van der Waals surface area contributed by atoms with Crippen molar-refractivity contribution in [3.8, 4) is 0 Å². The van der Waals surface area contributed by atoms with Crippen LogP contribution in [0.5, 0.6) is 0 Å². The van der Waals surface area contributed by atoms with Crippen molar-refractivity contribution < 1.29 is 14.7 Å². The van der Waals surface area contributed by atoms with Crippen molar-refractivity contribution in [2.75, 3.05) is 12.0 Å². The standard InChI is InChI=1S/C16H17NO3S/c1-21-9-8-14(18)17-15(16(19)20)13-7-6-11-4-2-3-5-12(11)10-13/h2-7,10,15H,8-9H2,1H3,(H,17,18)(H,19,20). The summed E-state index contributed by atoms with van der Waals surface area (Å²) in [5, 5.41) is 13.9. The van der Waals surface area contributed by atoms with E-state index in [1.54, 1.807) is 17.8 Å². The van der Waals surface area contributed by atoms with Gasteiger partial charge < -0.3 is 10.4 Å². The first-order valence-electron chi connectivity index (χ1n) is 6.61. The molecular weight excluding hydrogens is 286 g/mol. The summed E-state index contributed by atoms with van der Waals surface area (Å²) in [6, 6.07) is 12.1. The molecule has 0 aliphatic carbocycles. The van der Waals surface area contributed by atoms with Crippen molar-refractivity contribution in [1.29, 1.82) is 0 Å². The molecule has 2 rings (SSSR count). The van der Waals surface area contributed by atoms with Gasteiger partial charge in [0.2, 0.25) is 5.91 Å². The van der Waals surface area contributed by atoms with Gasteiger partial charge in [0.15, 0.2) is 6.04 Å². The molecule has 0 heterocycles. The number of hydrogen-bond acceptors (Lipinski definition) is 3. The molecule has 0 bridgehead atoms. The van der Waals surface area contributed by atoms with Crippen LogP contribution >= 0.6 is 11.8 Å². The SMILES string of the molecule is CSCCC(=O)NC(C(=O)O)c1ccc2ccccc2c1. The van der Waals surface area contributed by atoms with Crippen LogP contribution in [0.1, 0.15) is 18.0 Å². The fraction of sp³-hybridized carbons (Fsp3) is 0.250. The number of fused-ring (bicyclic) bond motifs is 1. The lowest BCUT2D eigenvalue weighted by molar-refractivity contribution is -0.142. The number of carboxylic acid groups (broad SMARTS) is 1. The molecule has 110 valence electrons. The van der Waals surface area contributed by atoms with Gasteiger partial charge in [0.25, 0.3) is 0 Å². The Morgan fingerprint density at radius 2 is 1.90 bits per heavy atom. The van der Waals surface area contributed by atoms with Crippen LogP contribution in [-0.4, -0.2) is 29.0 Å². The molecule has 1 unspecified atom stereocenters. The lowest BCUT2D eigenvalue weighted by Crippen LogP contribution is -2.33. The Morgan fingerprint density at radius 1 is 1.19 bits per heavy atom. The Hall–Kier alpha value is -2.01. The van der Waals surface area contributed by atoms with Crippen molar-refractivity contribution in [2.24, 2.45) is 0 Å². The summed E-state index contributed by atoms with van der Waals surface area (Å²) in [7, 11) is 0. The molecule has 4 nitrogen and oxygen atoms in total. The molecule has 0 aliphatic rings. The van der Waals surface area contributed by atoms with Gasteiger partial charge in [-0.3, -0.25) is 4.79 Å². The summed E-state index contributed by atoms with van der Waals surface area (Å²) >= 11 is 1.55. The highest BCUT2D eigenvalue weighted by Gasteiger charge is 2.21. The van der Waals surface area contributed by atoms with E-state index in [2.05, 4.69) is 5.32 Å². The van der Waals surface area contributed by atoms with Crippen LogP contribution in [-0.2, 0) is 9.59 Å². The fourth-order valence-corrected chi connectivity index (χ4v) is 2.49. The van der Waals surface area contributed by atoms with Crippen molar-refractivity contribution in [1.82, 2.24) is 5.32 Å². The molecule has 0 saturated heterocycles. The maximum absolute atomic E-state index is 11.8. The van der Waals surface area contributed by atoms with Crippen LogP contribution in [0, 0.1) is 0 Å². The lowest BCUT2D eigenvalue weighted by atomic mass is 10.0. The van der Waals surface area contributed by atoms with Crippen LogP contribution in [0.3, 0.4) is 0 Å². The first kappa shape index (κ1) is 15.4. The number of nitrogens with one attached hydrogen (secondary N) is 1. The Bertz CT molecular complexity index is 657. The highest BCUT2D eigenvalue weighted by atomic mass is 32.2. The lowest BCUT2D eigenvalue weighted by Gasteiger charge is -2.15. The number of carbonyl (C=O) groups is 2. The topological polar surface area (TPSA) is 66.4 Å². The van der Waals surface area contributed by atoms with Gasteiger partial charge in [0, 0.05) is 12.2 Å². The zero-order chi connectivity index (χ0) is 15.2. The molecule has 2 aromatic carbocycles. The van der Waals surface area contributed by atoms with E-state index in [0.29, 0.717) is 17.7 Å². The summed E-state index contributed by atoms with van der Waals surface area (Å²) in [6.45, 7) is 0. The number of carbonyl (C=O) groups excluding carboxylic acids is 1. The van der Waals surface area contributed by atoms with Gasteiger partial charge in [-0.1, -0.05) is 36.4 Å². The molecule has 0 spiro atoms. The van der Waals surface area contributed by atoms with Crippen LogP contribution in [0.2, 0.25) is 0 Å². The predicted octanol–water partition coefficient (Wildman–Crippen LogP) is 2.83. The van der Waals surface area contributed by atoms with E-state index in [9.17, 15) is 14.7 Å². The van der Waals surface area contributed by atoms with Gasteiger partial charge in [0.1, 0.15) is 0 Å². The number of hydrogen-bond donors (Lipinski definition) is 2. The van der Waals surface area contributed by atoms with Gasteiger partial charge in [-0.25, -0.2) is 4.79 Å². The van der Waals surface area contributed by atoms with Crippen molar-refractivity contribution in [3.05, 3.63) is 48.0 Å². The van der Waals surface area contributed by atoms with Gasteiger partial charge >= 0.3 is 5.97 Å². The van der Waals surface area contributed by atoms with Crippen LogP contribution < -0.4 is 5.32 Å². The van der Waals surface area contributed by atoms with Gasteiger partial charge in [-0.05, 0) is 28.7 Å². The second kappa shape index (κ2) is 7.13. The normalized spacial score (nSPS) is 12.0. The Balaban J connectivity index is 2.23. The van der Waals surface area contributed by atoms with Crippen LogP contribution in [0.25, 0.3) is 10.8 Å². The molecule has 1 amide bonds. The number of thioether (sulfide) groups is 1. The van der Waals surface area contributed by atoms with E-state index in [1.165, 1.54) is 0 Å². The maximum Gasteiger partial charge on any atom is 0.330 e. The molecule has 5 heteroatoms. The number of aliphatic carboxylic acids is 1. The Kier molecular flexibility index (Phi) is 5.22. The number of amides is 1. The summed E-state index contributed by atoms with van der Waals surface area (Å²) in [5.41, 5.74) is 0.582. The van der Waals surface area contributed by atoms with E-state index in [-0.39, 0.29) is 5.91 Å². The first-order chi connectivity index (χ1) is 10.1. The molecule has 2 N–H and O–H groups in total. The third kappa shape index (κ3) is 3.98. The summed E-state index contributed by atoms with van der Waals surface area (Å²) in [4.78, 5) is 23.2. The van der Waals surface area contributed by atoms with E-state index in [1.807, 2.05) is 42.7 Å². The molecule has 1 atom stereocenters. The van der Waals surface area contributed by atoms with E-state index in [0.717, 1.165) is 10.8 Å². The summed E-state index contributed by atoms with van der Waals surface area (Å²) in [6.07, 6.45) is 2.23. The van der Waals surface area contributed by atoms with Gasteiger partial charge in [-0.15, -0.1) is 0 Å². The average Bonchev–Trinajstić information content (AvgIpc) is 2.49. The second-order valence-corrected chi connectivity index (χ2v) is 5.67. The quantitative estimate of drug-likeness (QED) is 0.861. The summed E-state index contributed by atoms with van der Waals surface area (Å²) < 4.78 is 0. The average molecular weight is 303 g/mol. The number of rotatable bonds is 6. The second-order valence-electron chi connectivity index (χ2n) is 4.69. The largest absolute Gasteiger partial charge is 0.479 e. The van der Waals surface area contributed by atoms with E-state index >= 15 is 0 Å². The number of carboxylic acids is 1. The van der Waals surface area contributed by atoms with Crippen LogP contribution in [0.15, 0.2) is 42.5 Å². The monoisotopic (exact) mass is 303 g/mol. The Morgan fingerprint density at radius 3 is 2.57 bits per heavy atom. The fourth-order valence-electron chi connectivity index (χ4n) is 2.10. The Labute approximate surface area is 127 Å². The number of benzene rings is 2. The summed E-state index contributed by atoms with van der Waals surface area (Å²) in [5.74, 6) is -0.622. The highest BCUT2D eigenvalue weighted by molar-refractivity contribution is 7.98. The van der Waals surface area contributed by atoms with E-state index in [4.69, 9.17) is 0 Å². The highest BCUT2D eigenvalue weighted by Crippen LogP contribution is 2.21. The molecule has 0 saturated carbocycles. The van der Waals surface area contributed by atoms with Crippen molar-refractivity contribution in [3.63, 3.8) is 0 Å². The zero-order valence-corrected chi connectivity index (χ0v) is 12.5. The smallest absolute Gasteiger partial charge is 0.330 e. The first-order valence-corrected chi connectivity index (χ1v) is 8.01. The van der Waals surface area contributed by atoms with Gasteiger partial charge in [-0.2, -0.15) is 11.8 Å². The molecule has 0 fully saturated rings. The minimum Gasteiger partial charge on any atom is -0.479 e. The minimum absolute atomic E-state index is 0.245. The van der Waals surface area contributed by atoms with Gasteiger partial charge in [0.05, 0.1) is 0 Å². The van der Waals surface area contributed by atoms with Crippen molar-refractivity contribution >= 4 is 34.4 Å². The van der Waals surface area contributed by atoms with Crippen LogP contribution in [0.4, 0.5) is 0 Å². The molecular formula is C16H17NO3S. The van der Waals surface area contributed by atoms with Crippen molar-refractivity contribution in [2.45, 2.75) is 12.5 Å². The molecule has 0 aliphatic heterocycles. The molecule has 2 aromatic rings. The third-order valence-corrected chi connectivity index (χ3v) is 3.80. The minimum atomic E-state index is -1.05. The predicted molar refractivity (Wildman–Crippen MR) is 85.5 cm³/mol. The van der Waals surface area contributed by atoms with E-state index < -0.39 is 12.0 Å². The third-order valence-electron chi connectivity index (χ3n) is 3.19. The molecule has 0 aromatic heterocycles. The zero-order valence-electron chi connectivity index (χ0n) is 11.7. The molecule has 21 heavy (non-hydrogen) atoms. The molecule has 0 radical (unpaired) electrons. The maximum atomic E-state index is 11.8.